The van der Waals surface area contributed by atoms with Gasteiger partial charge in [0.15, 0.2) is 6.10 Å². The molecule has 0 spiro atoms. The number of ether oxygens (including phenoxy) is 1. The van der Waals surface area contributed by atoms with E-state index in [1.165, 1.54) is 11.1 Å². The van der Waals surface area contributed by atoms with Gasteiger partial charge in [-0.25, -0.2) is 0 Å². The summed E-state index contributed by atoms with van der Waals surface area (Å²) in [5, 5.41) is 2.96. The molecule has 0 saturated carbocycles. The summed E-state index contributed by atoms with van der Waals surface area (Å²) in [4.78, 5) is 12.2. The molecule has 0 aliphatic heterocycles. The lowest BCUT2D eigenvalue weighted by Gasteiger charge is -2.17. The standard InChI is InChI=1S/C22H29NO2/c1-5-19-8-6-7-9-21(19)25-17(4)22(24)23-15-14-18-10-12-20(13-11-18)16(2)3/h6-13,16-17H,5,14-15H2,1-4H3,(H,23,24)/t17-/m0/s1. The number of carbonyl (C=O) groups is 1. The Hall–Kier alpha value is -2.29. The van der Waals surface area contributed by atoms with Crippen LogP contribution in [0, 0.1) is 0 Å². The second kappa shape index (κ2) is 9.26. The Bertz CT molecular complexity index is 677. The number of hydrogen-bond donors (Lipinski definition) is 1. The first kappa shape index (κ1) is 19.0. The van der Waals surface area contributed by atoms with E-state index in [1.54, 1.807) is 6.92 Å². The van der Waals surface area contributed by atoms with Gasteiger partial charge in [0.25, 0.3) is 5.91 Å². The van der Waals surface area contributed by atoms with E-state index in [0.29, 0.717) is 12.5 Å². The van der Waals surface area contributed by atoms with Gasteiger partial charge in [-0.1, -0.05) is 63.2 Å². The minimum atomic E-state index is -0.504. The lowest BCUT2D eigenvalue weighted by atomic mass is 10.0. The molecule has 2 rings (SSSR count). The van der Waals surface area contributed by atoms with Crippen LogP contribution >= 0.6 is 0 Å². The quantitative estimate of drug-likeness (QED) is 0.769. The highest BCUT2D eigenvalue weighted by Crippen LogP contribution is 2.19. The van der Waals surface area contributed by atoms with Crippen molar-refractivity contribution in [1.82, 2.24) is 5.32 Å². The third-order valence-electron chi connectivity index (χ3n) is 4.39. The summed E-state index contributed by atoms with van der Waals surface area (Å²) in [5.41, 5.74) is 3.69. The summed E-state index contributed by atoms with van der Waals surface area (Å²) in [5.74, 6) is 1.25. The topological polar surface area (TPSA) is 38.3 Å². The molecule has 1 N–H and O–H groups in total. The van der Waals surface area contributed by atoms with Crippen molar-refractivity contribution in [3.05, 3.63) is 65.2 Å². The van der Waals surface area contributed by atoms with Gasteiger partial charge in [-0.3, -0.25) is 4.79 Å². The Morgan fingerprint density at radius 3 is 2.36 bits per heavy atom. The maximum Gasteiger partial charge on any atom is 0.260 e. The molecular weight excluding hydrogens is 310 g/mol. The molecule has 0 aliphatic rings. The van der Waals surface area contributed by atoms with Gasteiger partial charge < -0.3 is 10.1 Å². The minimum Gasteiger partial charge on any atom is -0.481 e. The van der Waals surface area contributed by atoms with Crippen molar-refractivity contribution < 1.29 is 9.53 Å². The van der Waals surface area contributed by atoms with E-state index in [4.69, 9.17) is 4.74 Å². The van der Waals surface area contributed by atoms with Gasteiger partial charge in [0.2, 0.25) is 0 Å². The summed E-state index contributed by atoms with van der Waals surface area (Å²) in [6.45, 7) is 8.86. The number of hydrogen-bond acceptors (Lipinski definition) is 2. The summed E-state index contributed by atoms with van der Waals surface area (Å²) < 4.78 is 5.83. The molecule has 0 unspecified atom stereocenters. The van der Waals surface area contributed by atoms with Crippen molar-refractivity contribution in [3.63, 3.8) is 0 Å². The highest BCUT2D eigenvalue weighted by atomic mass is 16.5. The zero-order valence-electron chi connectivity index (χ0n) is 15.7. The fraction of sp³-hybridized carbons (Fsp3) is 0.409. The van der Waals surface area contributed by atoms with Gasteiger partial charge in [-0.15, -0.1) is 0 Å². The van der Waals surface area contributed by atoms with Crippen LogP contribution in [-0.2, 0) is 17.6 Å². The lowest BCUT2D eigenvalue weighted by Crippen LogP contribution is -2.37. The maximum atomic E-state index is 12.2. The van der Waals surface area contributed by atoms with Gasteiger partial charge in [-0.05, 0) is 48.4 Å². The molecule has 0 fully saturated rings. The van der Waals surface area contributed by atoms with Crippen LogP contribution < -0.4 is 10.1 Å². The Morgan fingerprint density at radius 2 is 1.72 bits per heavy atom. The van der Waals surface area contributed by atoms with Crippen LogP contribution in [0.25, 0.3) is 0 Å². The van der Waals surface area contributed by atoms with Crippen molar-refractivity contribution in [2.75, 3.05) is 6.54 Å². The molecule has 25 heavy (non-hydrogen) atoms. The monoisotopic (exact) mass is 339 g/mol. The number of nitrogens with one attached hydrogen (secondary N) is 1. The number of benzene rings is 2. The molecule has 1 atom stereocenters. The number of para-hydroxylation sites is 1. The van der Waals surface area contributed by atoms with E-state index in [-0.39, 0.29) is 5.91 Å². The number of carbonyl (C=O) groups excluding carboxylic acids is 1. The molecule has 3 heteroatoms. The molecule has 2 aromatic rings. The van der Waals surface area contributed by atoms with Gasteiger partial charge in [0.1, 0.15) is 5.75 Å². The van der Waals surface area contributed by atoms with E-state index < -0.39 is 6.10 Å². The molecule has 0 saturated heterocycles. The van der Waals surface area contributed by atoms with Crippen LogP contribution in [0.15, 0.2) is 48.5 Å². The normalized spacial score (nSPS) is 12.0. The van der Waals surface area contributed by atoms with Crippen molar-refractivity contribution >= 4 is 5.91 Å². The zero-order valence-corrected chi connectivity index (χ0v) is 15.7. The first-order valence-corrected chi connectivity index (χ1v) is 9.12. The molecule has 1 amide bonds. The minimum absolute atomic E-state index is 0.0790. The summed E-state index contributed by atoms with van der Waals surface area (Å²) >= 11 is 0. The molecule has 0 radical (unpaired) electrons. The lowest BCUT2D eigenvalue weighted by molar-refractivity contribution is -0.127. The maximum absolute atomic E-state index is 12.2. The first-order valence-electron chi connectivity index (χ1n) is 9.12. The van der Waals surface area contributed by atoms with Crippen LogP contribution in [0.5, 0.6) is 5.75 Å². The number of rotatable bonds is 8. The molecule has 0 aliphatic carbocycles. The molecule has 0 bridgehead atoms. The highest BCUT2D eigenvalue weighted by Gasteiger charge is 2.15. The van der Waals surface area contributed by atoms with Crippen molar-refractivity contribution in [2.24, 2.45) is 0 Å². The summed E-state index contributed by atoms with van der Waals surface area (Å²) in [6.07, 6.45) is 1.20. The highest BCUT2D eigenvalue weighted by molar-refractivity contribution is 5.80. The average Bonchev–Trinajstić information content (AvgIpc) is 2.62. The second-order valence-corrected chi connectivity index (χ2v) is 6.66. The summed E-state index contributed by atoms with van der Waals surface area (Å²) in [6, 6.07) is 16.5. The van der Waals surface area contributed by atoms with E-state index >= 15 is 0 Å². The van der Waals surface area contributed by atoms with Gasteiger partial charge in [0.05, 0.1) is 0 Å². The van der Waals surface area contributed by atoms with Gasteiger partial charge >= 0.3 is 0 Å². The molecular formula is C22H29NO2. The molecule has 0 aromatic heterocycles. The molecule has 3 nitrogen and oxygen atoms in total. The van der Waals surface area contributed by atoms with E-state index in [9.17, 15) is 4.79 Å². The van der Waals surface area contributed by atoms with Crippen molar-refractivity contribution in [2.45, 2.75) is 52.6 Å². The second-order valence-electron chi connectivity index (χ2n) is 6.66. The SMILES string of the molecule is CCc1ccccc1O[C@@H](C)C(=O)NCCc1ccc(C(C)C)cc1. The molecule has 0 heterocycles. The van der Waals surface area contributed by atoms with Crippen LogP contribution in [0.3, 0.4) is 0 Å². The van der Waals surface area contributed by atoms with E-state index in [2.05, 4.69) is 50.4 Å². The number of amides is 1. The third-order valence-corrected chi connectivity index (χ3v) is 4.39. The van der Waals surface area contributed by atoms with Crippen LogP contribution in [0.2, 0.25) is 0 Å². The van der Waals surface area contributed by atoms with Crippen molar-refractivity contribution in [1.29, 1.82) is 0 Å². The first-order chi connectivity index (χ1) is 12.0. The Labute approximate surface area is 151 Å². The number of aryl methyl sites for hydroxylation is 1. The van der Waals surface area contributed by atoms with Crippen LogP contribution in [0.1, 0.15) is 50.3 Å². The Balaban J connectivity index is 1.81. The Kier molecular flexibility index (Phi) is 7.05. The summed E-state index contributed by atoms with van der Waals surface area (Å²) in [7, 11) is 0. The fourth-order valence-corrected chi connectivity index (χ4v) is 2.70. The molecule has 2 aromatic carbocycles. The third kappa shape index (κ3) is 5.63. The van der Waals surface area contributed by atoms with Gasteiger partial charge in [-0.2, -0.15) is 0 Å². The zero-order chi connectivity index (χ0) is 18.2. The van der Waals surface area contributed by atoms with Crippen molar-refractivity contribution in [3.8, 4) is 5.75 Å². The average molecular weight is 339 g/mol. The van der Waals surface area contributed by atoms with E-state index in [1.807, 2.05) is 24.3 Å². The molecule has 134 valence electrons. The predicted octanol–water partition coefficient (Wildman–Crippen LogP) is 4.50. The largest absolute Gasteiger partial charge is 0.481 e. The van der Waals surface area contributed by atoms with Gasteiger partial charge in [0, 0.05) is 6.54 Å². The van der Waals surface area contributed by atoms with Crippen LogP contribution in [0.4, 0.5) is 0 Å². The predicted molar refractivity (Wildman–Crippen MR) is 103 cm³/mol. The fourth-order valence-electron chi connectivity index (χ4n) is 2.70. The Morgan fingerprint density at radius 1 is 1.04 bits per heavy atom. The van der Waals surface area contributed by atoms with Crippen LogP contribution in [-0.4, -0.2) is 18.6 Å². The smallest absolute Gasteiger partial charge is 0.260 e. The van der Waals surface area contributed by atoms with E-state index in [0.717, 1.165) is 24.2 Å².